The standard InChI is InChI=1S/C28H41NO6S/c1-14(10-19-13-36-17(4)29-19)21-12-23-22(34-23)11-18-7-8-20(27(33)35-21)26(32)28(5,6)25(31)16(3)24(30)15(2)9-18/h10,13,15-16,18,20-24,26,30,32H,7-9,11-12H2,1-6H3/b14-10-/t15-,16+,18-,20+,21-,22+,23-,24-,26-/m0/s1. The predicted octanol–water partition coefficient (Wildman–Crippen LogP) is 4.33. The van der Waals surface area contributed by atoms with Gasteiger partial charge in [-0.1, -0.05) is 27.7 Å². The fraction of sp³-hybridized carbons (Fsp3) is 0.750. The zero-order chi connectivity index (χ0) is 26.4. The highest BCUT2D eigenvalue weighted by Gasteiger charge is 2.49. The lowest BCUT2D eigenvalue weighted by Gasteiger charge is -2.37. The summed E-state index contributed by atoms with van der Waals surface area (Å²) in [6, 6.07) is 0. The molecule has 0 spiro atoms. The van der Waals surface area contributed by atoms with Gasteiger partial charge in [-0.2, -0.15) is 0 Å². The first kappa shape index (κ1) is 27.4. The van der Waals surface area contributed by atoms with Crippen LogP contribution in [0, 0.1) is 36.0 Å². The molecule has 36 heavy (non-hydrogen) atoms. The van der Waals surface area contributed by atoms with E-state index in [2.05, 4.69) is 4.98 Å². The van der Waals surface area contributed by atoms with Gasteiger partial charge in [0.2, 0.25) is 0 Å². The number of carbonyl (C=O) groups is 2. The quantitative estimate of drug-likeness (QED) is 0.442. The van der Waals surface area contributed by atoms with Gasteiger partial charge in [-0.15, -0.1) is 11.3 Å². The van der Waals surface area contributed by atoms with Crippen LogP contribution in [0.1, 0.15) is 77.4 Å². The monoisotopic (exact) mass is 519 g/mol. The molecule has 2 N–H and O–H groups in total. The number of hydrogen-bond donors (Lipinski definition) is 2. The number of cyclic esters (lactones) is 1. The Hall–Kier alpha value is -1.61. The van der Waals surface area contributed by atoms with E-state index in [9.17, 15) is 19.8 Å². The molecule has 0 amide bonds. The van der Waals surface area contributed by atoms with E-state index in [1.807, 2.05) is 32.2 Å². The van der Waals surface area contributed by atoms with Crippen molar-refractivity contribution in [3.05, 3.63) is 21.7 Å². The summed E-state index contributed by atoms with van der Waals surface area (Å²) in [5.41, 5.74) is 0.516. The van der Waals surface area contributed by atoms with E-state index in [0.29, 0.717) is 19.3 Å². The van der Waals surface area contributed by atoms with Crippen LogP contribution in [0.4, 0.5) is 0 Å². The summed E-state index contributed by atoms with van der Waals surface area (Å²) < 4.78 is 12.1. The lowest BCUT2D eigenvalue weighted by atomic mass is 9.70. The fourth-order valence-corrected chi connectivity index (χ4v) is 6.73. The topological polar surface area (TPSA) is 109 Å². The van der Waals surface area contributed by atoms with Gasteiger partial charge in [-0.3, -0.25) is 9.59 Å². The van der Waals surface area contributed by atoms with E-state index >= 15 is 0 Å². The molecule has 1 aromatic heterocycles. The third kappa shape index (κ3) is 5.77. The summed E-state index contributed by atoms with van der Waals surface area (Å²) in [7, 11) is 0. The highest BCUT2D eigenvalue weighted by Crippen LogP contribution is 2.42. The summed E-state index contributed by atoms with van der Waals surface area (Å²) >= 11 is 1.57. The molecule has 2 aliphatic heterocycles. The Balaban J connectivity index is 1.68. The molecule has 3 aliphatic rings. The second-order valence-electron chi connectivity index (χ2n) is 11.9. The largest absolute Gasteiger partial charge is 0.457 e. The zero-order valence-electron chi connectivity index (χ0n) is 22.3. The molecule has 2 saturated heterocycles. The molecule has 3 fully saturated rings. The molecule has 0 aromatic carbocycles. The van der Waals surface area contributed by atoms with Crippen LogP contribution < -0.4 is 0 Å². The molecule has 9 atom stereocenters. The Morgan fingerprint density at radius 3 is 2.50 bits per heavy atom. The highest BCUT2D eigenvalue weighted by molar-refractivity contribution is 7.09. The van der Waals surface area contributed by atoms with Crippen molar-refractivity contribution in [2.45, 2.75) is 104 Å². The second kappa shape index (κ2) is 10.6. The summed E-state index contributed by atoms with van der Waals surface area (Å²) in [6.45, 7) is 11.0. The Labute approximate surface area is 218 Å². The van der Waals surface area contributed by atoms with Gasteiger partial charge in [0.15, 0.2) is 0 Å². The Morgan fingerprint density at radius 2 is 1.83 bits per heavy atom. The van der Waals surface area contributed by atoms with E-state index in [1.165, 1.54) is 0 Å². The number of ketones is 1. The van der Waals surface area contributed by atoms with Crippen molar-refractivity contribution in [1.29, 1.82) is 0 Å². The molecule has 1 aromatic rings. The molecule has 2 bridgehead atoms. The number of aliphatic hydroxyl groups excluding tert-OH is 2. The molecule has 3 heterocycles. The minimum atomic E-state index is -1.21. The van der Waals surface area contributed by atoms with Crippen LogP contribution in [0.2, 0.25) is 0 Å². The molecule has 7 nitrogen and oxygen atoms in total. The normalized spacial score (nSPS) is 40.0. The number of Topliss-reactive ketones (excluding diaryl/α,β-unsaturated/α-hetero) is 1. The van der Waals surface area contributed by atoms with Crippen molar-refractivity contribution in [2.24, 2.45) is 29.1 Å². The van der Waals surface area contributed by atoms with Gasteiger partial charge in [0, 0.05) is 17.7 Å². The van der Waals surface area contributed by atoms with E-state index < -0.39 is 41.5 Å². The molecule has 4 rings (SSSR count). The summed E-state index contributed by atoms with van der Waals surface area (Å²) in [5, 5.41) is 25.4. The van der Waals surface area contributed by atoms with E-state index in [-0.39, 0.29) is 29.8 Å². The Bertz CT molecular complexity index is 1000. The van der Waals surface area contributed by atoms with Crippen LogP contribution in [0.3, 0.4) is 0 Å². The zero-order valence-corrected chi connectivity index (χ0v) is 23.1. The first-order chi connectivity index (χ1) is 16.9. The molecule has 0 radical (unpaired) electrons. The molecule has 0 unspecified atom stereocenters. The summed E-state index contributed by atoms with van der Waals surface area (Å²) in [4.78, 5) is 31.6. The lowest BCUT2D eigenvalue weighted by Crippen LogP contribution is -2.49. The first-order valence-electron chi connectivity index (χ1n) is 13.2. The van der Waals surface area contributed by atoms with E-state index in [1.54, 1.807) is 32.1 Å². The molecular weight excluding hydrogens is 478 g/mol. The molecular formula is C28H41NO6S. The van der Waals surface area contributed by atoms with Gasteiger partial charge in [-0.25, -0.2) is 4.98 Å². The van der Waals surface area contributed by atoms with E-state index in [4.69, 9.17) is 9.47 Å². The number of rotatable bonds is 2. The van der Waals surface area contributed by atoms with Gasteiger partial charge in [0.25, 0.3) is 0 Å². The predicted molar refractivity (Wildman–Crippen MR) is 138 cm³/mol. The van der Waals surface area contributed by atoms with Crippen LogP contribution in [0.5, 0.6) is 0 Å². The summed E-state index contributed by atoms with van der Waals surface area (Å²) in [5.74, 6) is -2.02. The van der Waals surface area contributed by atoms with E-state index in [0.717, 1.165) is 29.1 Å². The number of thiazole rings is 1. The Kier molecular flexibility index (Phi) is 8.10. The maximum Gasteiger partial charge on any atom is 0.312 e. The first-order valence-corrected chi connectivity index (χ1v) is 14.1. The van der Waals surface area contributed by atoms with Crippen molar-refractivity contribution in [1.82, 2.24) is 4.98 Å². The van der Waals surface area contributed by atoms with Gasteiger partial charge >= 0.3 is 5.97 Å². The minimum Gasteiger partial charge on any atom is -0.457 e. The van der Waals surface area contributed by atoms with Crippen LogP contribution in [0.15, 0.2) is 11.0 Å². The van der Waals surface area contributed by atoms with Crippen LogP contribution in [-0.2, 0) is 19.1 Å². The van der Waals surface area contributed by atoms with Gasteiger partial charge in [-0.05, 0) is 63.0 Å². The lowest BCUT2D eigenvalue weighted by molar-refractivity contribution is -0.163. The van der Waals surface area contributed by atoms with Crippen molar-refractivity contribution >= 4 is 29.2 Å². The van der Waals surface area contributed by atoms with Gasteiger partial charge in [0.1, 0.15) is 11.9 Å². The van der Waals surface area contributed by atoms with Crippen LogP contribution in [0.25, 0.3) is 6.08 Å². The third-order valence-corrected chi connectivity index (χ3v) is 9.43. The number of aliphatic hydroxyl groups is 2. The molecule has 200 valence electrons. The number of fused-ring (bicyclic) bond motifs is 4. The number of epoxide rings is 1. The van der Waals surface area contributed by atoms with Crippen molar-refractivity contribution in [3.63, 3.8) is 0 Å². The molecule has 1 saturated carbocycles. The Morgan fingerprint density at radius 1 is 1.14 bits per heavy atom. The average Bonchev–Trinajstić information content (AvgIpc) is 3.42. The number of aromatic nitrogens is 1. The number of hydrogen-bond acceptors (Lipinski definition) is 8. The smallest absolute Gasteiger partial charge is 0.312 e. The SMILES string of the molecule is C/C(=C/c1csc(C)n1)[C@@H]1C[C@@H]2O[C@@H]2C[C@H]2CC[C@@H](C(=O)O1)[C@H](O)C(C)(C)C(=O)[C@H](C)[C@@H](O)[C@@H](C)C2. The van der Waals surface area contributed by atoms with Crippen molar-refractivity contribution in [3.8, 4) is 0 Å². The number of ether oxygens (including phenoxy) is 2. The van der Waals surface area contributed by atoms with Gasteiger partial charge < -0.3 is 19.7 Å². The number of nitrogens with zero attached hydrogens (tertiary/aromatic N) is 1. The highest BCUT2D eigenvalue weighted by atomic mass is 32.1. The minimum absolute atomic E-state index is 0.0115. The number of esters is 1. The molecule has 1 aliphatic carbocycles. The maximum absolute atomic E-state index is 13.6. The average molecular weight is 520 g/mol. The number of aryl methyl sites for hydroxylation is 1. The maximum atomic E-state index is 13.6. The van der Waals surface area contributed by atoms with Crippen molar-refractivity contribution < 1.29 is 29.3 Å². The second-order valence-corrected chi connectivity index (χ2v) is 12.9. The number of carbonyl (C=O) groups excluding carboxylic acids is 2. The fourth-order valence-electron chi connectivity index (χ4n) is 6.16. The van der Waals surface area contributed by atoms with Crippen LogP contribution in [-0.4, -0.2) is 57.5 Å². The van der Waals surface area contributed by atoms with Crippen LogP contribution >= 0.6 is 11.3 Å². The summed E-state index contributed by atoms with van der Waals surface area (Å²) in [6.07, 6.45) is 2.82. The molecule has 8 heteroatoms. The van der Waals surface area contributed by atoms with Crippen molar-refractivity contribution in [2.75, 3.05) is 0 Å². The van der Waals surface area contributed by atoms with Gasteiger partial charge in [0.05, 0.1) is 46.5 Å². The third-order valence-electron chi connectivity index (χ3n) is 8.64.